The summed E-state index contributed by atoms with van der Waals surface area (Å²) in [6, 6.07) is 0.713. The molecule has 0 saturated carbocycles. The predicted molar refractivity (Wildman–Crippen MR) is 50.8 cm³/mol. The molecule has 0 spiro atoms. The lowest BCUT2D eigenvalue weighted by molar-refractivity contribution is -0.116. The van der Waals surface area contributed by atoms with E-state index in [1.807, 2.05) is 0 Å². The van der Waals surface area contributed by atoms with Crippen molar-refractivity contribution in [2.75, 3.05) is 6.54 Å². The van der Waals surface area contributed by atoms with Crippen LogP contribution in [0, 0.1) is 0 Å². The fraction of sp³-hybridized carbons (Fsp3) is 0.625. The lowest BCUT2D eigenvalue weighted by Crippen LogP contribution is -2.27. The largest absolute Gasteiger partial charge is 0.353 e. The van der Waals surface area contributed by atoms with Crippen molar-refractivity contribution >= 4 is 14.2 Å². The topological polar surface area (TPSA) is 49.0 Å². The number of nitrogens with one attached hydrogen (secondary N) is 1. The van der Waals surface area contributed by atoms with Gasteiger partial charge in [0, 0.05) is 6.54 Å². The van der Waals surface area contributed by atoms with Crippen LogP contribution in [0.1, 0.15) is 6.42 Å². The van der Waals surface area contributed by atoms with Crippen LogP contribution >= 0.6 is 0 Å². The maximum atomic E-state index is 11.2. The van der Waals surface area contributed by atoms with Crippen LogP contribution in [0.4, 0.5) is 0 Å². The summed E-state index contributed by atoms with van der Waals surface area (Å²) in [5.41, 5.74) is 0. The van der Waals surface area contributed by atoms with E-state index in [9.17, 15) is 9.59 Å². The molecule has 0 saturated heterocycles. The van der Waals surface area contributed by atoms with Gasteiger partial charge >= 0.3 is 0 Å². The first-order chi connectivity index (χ1) is 5.45. The summed E-state index contributed by atoms with van der Waals surface area (Å²) in [7, 11) is -2.17. The summed E-state index contributed by atoms with van der Waals surface area (Å²) < 4.78 is 0. The molecule has 4 heteroatoms. The van der Waals surface area contributed by atoms with Crippen molar-refractivity contribution in [2.45, 2.75) is 25.6 Å². The minimum atomic E-state index is -2.17. The Balaban J connectivity index is 3.34. The zero-order valence-electron chi connectivity index (χ0n) is 7.72. The van der Waals surface area contributed by atoms with E-state index in [1.165, 1.54) is 6.08 Å². The Morgan fingerprint density at radius 3 is 2.58 bits per heavy atom. The zero-order chi connectivity index (χ0) is 9.61. The lowest BCUT2D eigenvalue weighted by atomic mass is 10.4. The Labute approximate surface area is 74.6 Å². The van der Waals surface area contributed by atoms with E-state index in [-0.39, 0.29) is 5.91 Å². The van der Waals surface area contributed by atoms with Crippen molar-refractivity contribution in [2.24, 2.45) is 0 Å². The van der Waals surface area contributed by atoms with Gasteiger partial charge in [0.1, 0.15) is 0 Å². The summed E-state index contributed by atoms with van der Waals surface area (Å²) in [5, 5.41) is 2.63. The van der Waals surface area contributed by atoms with Crippen molar-refractivity contribution in [3.05, 3.63) is 12.7 Å². The summed E-state index contributed by atoms with van der Waals surface area (Å²) >= 11 is 0. The molecule has 3 nitrogen and oxygen atoms in total. The molecule has 1 radical (unpaired) electrons. The molecule has 69 valence electrons. The molecule has 12 heavy (non-hydrogen) atoms. The summed E-state index contributed by atoms with van der Waals surface area (Å²) in [5.74, 6) is -0.166. The molecule has 1 amide bonds. The van der Waals surface area contributed by atoms with Gasteiger partial charge in [-0.25, -0.2) is 0 Å². The smallest absolute Gasteiger partial charge is 0.243 e. The standard InChI is InChI=1S/C8H16NO2Si/c1-4-8(10)9-6-5-7-12(2,3)11/h4H,1,5-7H2,2-3H3,(H,9,10). The predicted octanol–water partition coefficient (Wildman–Crippen LogP) is 1.31. The first kappa shape index (κ1) is 11.4. The molecule has 0 rings (SSSR count). The Hall–Kier alpha value is -0.613. The van der Waals surface area contributed by atoms with Crippen molar-refractivity contribution < 1.29 is 9.59 Å². The highest BCUT2D eigenvalue weighted by Crippen LogP contribution is 2.07. The van der Waals surface area contributed by atoms with Crippen LogP contribution in [0.25, 0.3) is 0 Å². The van der Waals surface area contributed by atoms with Gasteiger partial charge in [0.15, 0.2) is 0 Å². The molecule has 0 aliphatic rings. The van der Waals surface area contributed by atoms with Crippen LogP contribution in [0.15, 0.2) is 12.7 Å². The van der Waals surface area contributed by atoms with Gasteiger partial charge in [0.2, 0.25) is 14.2 Å². The Morgan fingerprint density at radius 1 is 1.58 bits per heavy atom. The monoisotopic (exact) mass is 186 g/mol. The minimum Gasteiger partial charge on any atom is -0.353 e. The van der Waals surface area contributed by atoms with Crippen molar-refractivity contribution in [1.82, 2.24) is 5.32 Å². The van der Waals surface area contributed by atoms with Gasteiger partial charge in [-0.2, -0.15) is 0 Å². The third-order valence-corrected chi connectivity index (χ3v) is 3.00. The maximum absolute atomic E-state index is 11.2. The van der Waals surface area contributed by atoms with E-state index in [1.54, 1.807) is 13.1 Å². The molecule has 0 bridgehead atoms. The van der Waals surface area contributed by atoms with Gasteiger partial charge in [-0.05, 0) is 31.6 Å². The van der Waals surface area contributed by atoms with Gasteiger partial charge in [0.05, 0.1) is 0 Å². The van der Waals surface area contributed by atoms with E-state index in [0.717, 1.165) is 6.42 Å². The molecule has 0 aromatic rings. The Kier molecular flexibility index (Phi) is 4.85. The molecule has 0 atom stereocenters. The molecule has 1 N–H and O–H groups in total. The third kappa shape index (κ3) is 7.49. The zero-order valence-corrected chi connectivity index (χ0v) is 8.72. The molecule has 0 aromatic carbocycles. The second-order valence-electron chi connectivity index (χ2n) is 3.36. The number of rotatable bonds is 5. The van der Waals surface area contributed by atoms with Gasteiger partial charge in [-0.1, -0.05) is 6.58 Å². The number of carbonyl (C=O) groups excluding carboxylic acids is 1. The van der Waals surface area contributed by atoms with Gasteiger partial charge in [-0.3, -0.25) is 9.59 Å². The highest BCUT2D eigenvalue weighted by Gasteiger charge is 2.18. The van der Waals surface area contributed by atoms with Crippen LogP contribution in [0.5, 0.6) is 0 Å². The highest BCUT2D eigenvalue weighted by molar-refractivity contribution is 6.69. The van der Waals surface area contributed by atoms with Crippen LogP contribution < -0.4 is 5.32 Å². The van der Waals surface area contributed by atoms with E-state index in [4.69, 9.17) is 0 Å². The van der Waals surface area contributed by atoms with Crippen molar-refractivity contribution in [3.63, 3.8) is 0 Å². The van der Waals surface area contributed by atoms with E-state index in [0.29, 0.717) is 12.6 Å². The third-order valence-electron chi connectivity index (χ3n) is 1.44. The van der Waals surface area contributed by atoms with Crippen molar-refractivity contribution in [1.29, 1.82) is 0 Å². The SMILES string of the molecule is C=CC(=O)NCCC[Si](C)(C)[O]. The normalized spacial score (nSPS) is 10.9. The second-order valence-corrected chi connectivity index (χ2v) is 7.38. The maximum Gasteiger partial charge on any atom is 0.243 e. The van der Waals surface area contributed by atoms with Crippen LogP contribution in [0.2, 0.25) is 19.1 Å². The molecule has 0 aromatic heterocycles. The fourth-order valence-electron chi connectivity index (χ4n) is 0.798. The molecule has 0 aliphatic carbocycles. The minimum absolute atomic E-state index is 0.166. The number of amides is 1. The van der Waals surface area contributed by atoms with Gasteiger partial charge < -0.3 is 5.32 Å². The molecule has 0 heterocycles. The summed E-state index contributed by atoms with van der Waals surface area (Å²) in [6.45, 7) is 7.47. The second kappa shape index (κ2) is 5.11. The first-order valence-electron chi connectivity index (χ1n) is 4.06. The molecular formula is C8H16NO2Si. The summed E-state index contributed by atoms with van der Waals surface area (Å²) in [4.78, 5) is 21.9. The molecule has 0 fully saturated rings. The number of hydrogen-bond donors (Lipinski definition) is 1. The summed E-state index contributed by atoms with van der Waals surface area (Å²) in [6.07, 6.45) is 2.02. The fourth-order valence-corrected chi connectivity index (χ4v) is 1.83. The van der Waals surface area contributed by atoms with Crippen molar-refractivity contribution in [3.8, 4) is 0 Å². The number of hydrogen-bond acceptors (Lipinski definition) is 1. The Bertz CT molecular complexity index is 163. The number of carbonyl (C=O) groups is 1. The van der Waals surface area contributed by atoms with Crippen LogP contribution in [-0.4, -0.2) is 20.8 Å². The van der Waals surface area contributed by atoms with E-state index in [2.05, 4.69) is 11.9 Å². The van der Waals surface area contributed by atoms with E-state index < -0.39 is 8.32 Å². The van der Waals surface area contributed by atoms with Gasteiger partial charge in [0.25, 0.3) is 0 Å². The average molecular weight is 186 g/mol. The first-order valence-corrected chi connectivity index (χ1v) is 7.18. The van der Waals surface area contributed by atoms with Crippen LogP contribution in [-0.2, 0) is 9.59 Å². The molecule has 0 unspecified atom stereocenters. The van der Waals surface area contributed by atoms with E-state index >= 15 is 0 Å². The van der Waals surface area contributed by atoms with Gasteiger partial charge in [-0.15, -0.1) is 0 Å². The molecule has 0 aliphatic heterocycles. The van der Waals surface area contributed by atoms with Crippen LogP contribution in [0.3, 0.4) is 0 Å². The lowest BCUT2D eigenvalue weighted by Gasteiger charge is -2.10. The average Bonchev–Trinajstić information content (AvgIpc) is 1.96. The quantitative estimate of drug-likeness (QED) is 0.393. The Morgan fingerprint density at radius 2 is 2.17 bits per heavy atom. The molecular weight excluding hydrogens is 170 g/mol. The highest BCUT2D eigenvalue weighted by atomic mass is 28.4.